The van der Waals surface area contributed by atoms with Gasteiger partial charge in [0.25, 0.3) is 0 Å². The molecule has 1 aromatic heterocycles. The number of thiazole rings is 1. The molecule has 1 aliphatic carbocycles. The molecular weight excluding hydrogens is 206 g/mol. The third-order valence-electron chi connectivity index (χ3n) is 2.92. The molecule has 1 saturated carbocycles. The Hall–Kier alpha value is -0.700. The van der Waals surface area contributed by atoms with E-state index >= 15 is 0 Å². The van der Waals surface area contributed by atoms with Crippen molar-refractivity contribution in [2.75, 3.05) is 0 Å². The van der Waals surface area contributed by atoms with E-state index in [1.807, 2.05) is 6.92 Å². The van der Waals surface area contributed by atoms with E-state index in [1.165, 1.54) is 9.88 Å². The minimum absolute atomic E-state index is 0.421. The summed E-state index contributed by atoms with van der Waals surface area (Å²) in [5.74, 6) is 0.893. The predicted octanol–water partition coefficient (Wildman–Crippen LogP) is 3.06. The highest BCUT2D eigenvalue weighted by Crippen LogP contribution is 2.31. The summed E-state index contributed by atoms with van der Waals surface area (Å²) < 4.78 is 0. The highest BCUT2D eigenvalue weighted by molar-refractivity contribution is 7.11. The topological polar surface area (TPSA) is 30.0 Å². The summed E-state index contributed by atoms with van der Waals surface area (Å²) in [4.78, 5) is 17.2. The Bertz CT molecular complexity index is 346. The fourth-order valence-corrected chi connectivity index (χ4v) is 2.65. The van der Waals surface area contributed by atoms with Gasteiger partial charge in [0.2, 0.25) is 0 Å². The van der Waals surface area contributed by atoms with E-state index in [-0.39, 0.29) is 0 Å². The van der Waals surface area contributed by atoms with Gasteiger partial charge in [0.05, 0.1) is 10.7 Å². The average Bonchev–Trinajstić information content (AvgIpc) is 2.96. The Morgan fingerprint density at radius 1 is 1.47 bits per heavy atom. The lowest BCUT2D eigenvalue weighted by Gasteiger charge is -1.96. The predicted molar refractivity (Wildman–Crippen MR) is 62.3 cm³/mol. The van der Waals surface area contributed by atoms with Gasteiger partial charge in [0.1, 0.15) is 5.78 Å². The number of aromatic nitrogens is 1. The van der Waals surface area contributed by atoms with Gasteiger partial charge in [-0.15, -0.1) is 11.3 Å². The number of Topliss-reactive ketones (excluding diaryl/α,β-unsaturated/α-hetero) is 1. The van der Waals surface area contributed by atoms with Gasteiger partial charge in [-0.3, -0.25) is 4.79 Å². The molecule has 1 aliphatic rings. The summed E-state index contributed by atoms with van der Waals surface area (Å²) >= 11 is 1.77. The normalized spacial score (nSPS) is 15.6. The highest BCUT2D eigenvalue weighted by atomic mass is 32.1. The van der Waals surface area contributed by atoms with Gasteiger partial charge in [0, 0.05) is 17.2 Å². The molecule has 1 heterocycles. The van der Waals surface area contributed by atoms with Crippen molar-refractivity contribution in [3.63, 3.8) is 0 Å². The molecule has 0 amide bonds. The van der Waals surface area contributed by atoms with Crippen LogP contribution in [0.3, 0.4) is 0 Å². The molecule has 1 aromatic rings. The van der Waals surface area contributed by atoms with Crippen LogP contribution in [-0.2, 0) is 11.2 Å². The Morgan fingerprint density at radius 2 is 2.20 bits per heavy atom. The zero-order chi connectivity index (χ0) is 10.8. The summed E-state index contributed by atoms with van der Waals surface area (Å²) in [5, 5.41) is 1.19. The van der Waals surface area contributed by atoms with Gasteiger partial charge in [-0.25, -0.2) is 4.98 Å². The number of carbonyl (C=O) groups excluding carboxylic acids is 1. The lowest BCUT2D eigenvalue weighted by molar-refractivity contribution is -0.120. The first-order chi connectivity index (χ1) is 7.16. The van der Waals surface area contributed by atoms with Crippen molar-refractivity contribution >= 4 is 17.1 Å². The first kappa shape index (κ1) is 10.8. The lowest BCUT2D eigenvalue weighted by Crippen LogP contribution is -2.00. The van der Waals surface area contributed by atoms with Crippen molar-refractivity contribution in [1.82, 2.24) is 4.98 Å². The molecule has 2 rings (SSSR count). The van der Waals surface area contributed by atoms with E-state index in [0.717, 1.165) is 37.8 Å². The van der Waals surface area contributed by atoms with Crippen molar-refractivity contribution in [3.8, 4) is 0 Å². The molecule has 0 aliphatic heterocycles. The molecule has 0 spiro atoms. The standard InChI is InChI=1S/C12H17NOS/c1-8-9(2)15-12(13-8)5-3-4-11(14)10-6-7-10/h10H,3-7H2,1-2H3. The van der Waals surface area contributed by atoms with Crippen molar-refractivity contribution in [1.29, 1.82) is 0 Å². The Morgan fingerprint density at radius 3 is 2.73 bits per heavy atom. The minimum atomic E-state index is 0.421. The summed E-state index contributed by atoms with van der Waals surface area (Å²) in [6, 6.07) is 0. The molecule has 0 aromatic carbocycles. The van der Waals surface area contributed by atoms with Crippen LogP contribution in [0.1, 0.15) is 41.3 Å². The summed E-state index contributed by atoms with van der Waals surface area (Å²) in [7, 11) is 0. The van der Waals surface area contributed by atoms with Crippen LogP contribution >= 0.6 is 11.3 Å². The van der Waals surface area contributed by atoms with Crippen molar-refractivity contribution in [2.24, 2.45) is 5.92 Å². The molecule has 0 saturated heterocycles. The van der Waals surface area contributed by atoms with Crippen LogP contribution in [-0.4, -0.2) is 10.8 Å². The van der Waals surface area contributed by atoms with E-state index in [9.17, 15) is 4.79 Å². The number of hydrogen-bond acceptors (Lipinski definition) is 3. The SMILES string of the molecule is Cc1nc(CCCC(=O)C2CC2)sc1C. The number of aryl methyl sites for hydroxylation is 3. The van der Waals surface area contributed by atoms with Crippen LogP contribution in [0.25, 0.3) is 0 Å². The smallest absolute Gasteiger partial charge is 0.135 e. The second-order valence-electron chi connectivity index (χ2n) is 4.34. The minimum Gasteiger partial charge on any atom is -0.299 e. The molecule has 0 unspecified atom stereocenters. The van der Waals surface area contributed by atoms with Crippen LogP contribution < -0.4 is 0 Å². The number of rotatable bonds is 5. The van der Waals surface area contributed by atoms with E-state index in [4.69, 9.17) is 0 Å². The Balaban J connectivity index is 1.75. The fourth-order valence-electron chi connectivity index (χ4n) is 1.67. The molecular formula is C12H17NOS. The largest absolute Gasteiger partial charge is 0.299 e. The van der Waals surface area contributed by atoms with Gasteiger partial charge in [-0.1, -0.05) is 0 Å². The summed E-state index contributed by atoms with van der Waals surface area (Å²) in [6.45, 7) is 4.15. The average molecular weight is 223 g/mol. The Kier molecular flexibility index (Phi) is 3.19. The third kappa shape index (κ3) is 2.88. The molecule has 2 nitrogen and oxygen atoms in total. The third-order valence-corrected chi connectivity index (χ3v) is 4.05. The molecule has 0 N–H and O–H groups in total. The maximum atomic E-state index is 11.5. The Labute approximate surface area is 94.7 Å². The maximum absolute atomic E-state index is 11.5. The van der Waals surface area contributed by atoms with E-state index in [1.54, 1.807) is 11.3 Å². The van der Waals surface area contributed by atoms with Crippen LogP contribution in [0.5, 0.6) is 0 Å². The molecule has 82 valence electrons. The quantitative estimate of drug-likeness (QED) is 0.768. The van der Waals surface area contributed by atoms with Crippen LogP contribution in [0, 0.1) is 19.8 Å². The number of ketones is 1. The molecule has 1 fully saturated rings. The van der Waals surface area contributed by atoms with Crippen LogP contribution in [0.15, 0.2) is 0 Å². The van der Waals surface area contributed by atoms with Gasteiger partial charge in [-0.2, -0.15) is 0 Å². The maximum Gasteiger partial charge on any atom is 0.135 e. The second-order valence-corrected chi connectivity index (χ2v) is 5.63. The summed E-state index contributed by atoms with van der Waals surface area (Å²) in [5.41, 5.74) is 1.14. The van der Waals surface area contributed by atoms with Crippen LogP contribution in [0.4, 0.5) is 0 Å². The van der Waals surface area contributed by atoms with Gasteiger partial charge < -0.3 is 0 Å². The molecule has 0 bridgehead atoms. The molecule has 15 heavy (non-hydrogen) atoms. The van der Waals surface area contributed by atoms with Gasteiger partial charge >= 0.3 is 0 Å². The van der Waals surface area contributed by atoms with Crippen molar-refractivity contribution in [3.05, 3.63) is 15.6 Å². The number of carbonyl (C=O) groups is 1. The van der Waals surface area contributed by atoms with Crippen molar-refractivity contribution in [2.45, 2.75) is 46.0 Å². The zero-order valence-corrected chi connectivity index (χ0v) is 10.2. The number of nitrogens with zero attached hydrogens (tertiary/aromatic N) is 1. The lowest BCUT2D eigenvalue weighted by atomic mass is 10.1. The van der Waals surface area contributed by atoms with Gasteiger partial charge in [-0.05, 0) is 39.5 Å². The second kappa shape index (κ2) is 4.44. The summed E-state index contributed by atoms with van der Waals surface area (Å²) in [6.07, 6.45) is 4.96. The monoisotopic (exact) mass is 223 g/mol. The van der Waals surface area contributed by atoms with Gasteiger partial charge in [0.15, 0.2) is 0 Å². The number of hydrogen-bond donors (Lipinski definition) is 0. The molecule has 3 heteroatoms. The first-order valence-electron chi connectivity index (χ1n) is 5.62. The van der Waals surface area contributed by atoms with E-state index < -0.39 is 0 Å². The van der Waals surface area contributed by atoms with Crippen molar-refractivity contribution < 1.29 is 4.79 Å². The molecule has 0 atom stereocenters. The van der Waals surface area contributed by atoms with E-state index in [2.05, 4.69) is 11.9 Å². The molecule has 0 radical (unpaired) electrons. The zero-order valence-electron chi connectivity index (χ0n) is 9.38. The fraction of sp³-hybridized carbons (Fsp3) is 0.667. The first-order valence-corrected chi connectivity index (χ1v) is 6.44. The highest BCUT2D eigenvalue weighted by Gasteiger charge is 2.28. The van der Waals surface area contributed by atoms with E-state index in [0.29, 0.717) is 11.7 Å². The van der Waals surface area contributed by atoms with Crippen LogP contribution in [0.2, 0.25) is 0 Å².